The van der Waals surface area contributed by atoms with Gasteiger partial charge in [0, 0.05) is 0 Å². The van der Waals surface area contributed by atoms with Crippen LogP contribution in [0.5, 0.6) is 0 Å². The van der Waals surface area contributed by atoms with E-state index in [2.05, 4.69) is 27.7 Å². The summed E-state index contributed by atoms with van der Waals surface area (Å²) in [5.41, 5.74) is -0.397. The van der Waals surface area contributed by atoms with E-state index in [0.717, 1.165) is 103 Å². The number of ether oxygens (including phenoxy) is 2. The number of carbonyl (C=O) groups excluding carboxylic acids is 2. The fraction of sp³-hybridized carbons (Fsp3) is 0.923. The van der Waals surface area contributed by atoms with E-state index in [1.54, 1.807) is 0 Å². The second-order valence-corrected chi connectivity index (χ2v) is 13.1. The maximum Gasteiger partial charge on any atom is 0.311 e. The van der Waals surface area contributed by atoms with Crippen molar-refractivity contribution in [3.63, 3.8) is 0 Å². The Bertz CT molecular complexity index is 399. The minimum atomic E-state index is -2.96. The van der Waals surface area contributed by atoms with Gasteiger partial charge in [-0.05, 0) is 24.9 Å². The third kappa shape index (κ3) is 14.0. The predicted octanol–water partition coefficient (Wildman–Crippen LogP) is 9.19. The Hall–Kier alpha value is -0.843. The molecule has 0 N–H and O–H groups in total. The fourth-order valence-electron chi connectivity index (χ4n) is 3.99. The summed E-state index contributed by atoms with van der Waals surface area (Å²) in [5, 5.41) is 0. The van der Waals surface area contributed by atoms with Crippen molar-refractivity contribution < 1.29 is 19.1 Å². The van der Waals surface area contributed by atoms with Crippen LogP contribution in [0.25, 0.3) is 0 Å². The number of unbranched alkanes of at least 4 members (excludes halogenated alkanes) is 12. The Morgan fingerprint density at radius 1 is 0.484 bits per heavy atom. The van der Waals surface area contributed by atoms with Gasteiger partial charge in [0.1, 0.15) is 0 Å². The van der Waals surface area contributed by atoms with Gasteiger partial charge in [-0.1, -0.05) is 118 Å². The molecule has 0 aromatic heterocycles. The van der Waals surface area contributed by atoms with Crippen molar-refractivity contribution in [1.29, 1.82) is 0 Å². The number of carbonyl (C=O) groups is 2. The van der Waals surface area contributed by atoms with Crippen molar-refractivity contribution in [1.82, 2.24) is 0 Å². The van der Waals surface area contributed by atoms with Crippen LogP contribution in [0.2, 0.25) is 12.1 Å². The van der Waals surface area contributed by atoms with E-state index >= 15 is 0 Å². The van der Waals surface area contributed by atoms with Crippen LogP contribution in [0, 0.1) is 0 Å². The fourth-order valence-corrected chi connectivity index (χ4v) is 7.68. The summed E-state index contributed by atoms with van der Waals surface area (Å²) < 4.78 is 11.5. The Morgan fingerprint density at radius 3 is 1.13 bits per heavy atom. The Kier molecular flexibility index (Phi) is 20.5. The molecule has 5 heteroatoms. The lowest BCUT2D eigenvalue weighted by Gasteiger charge is -2.27. The number of hydrogen-bond donors (Lipinski definition) is 0. The average molecular weight is 457 g/mol. The van der Waals surface area contributed by atoms with Crippen molar-refractivity contribution in [2.75, 3.05) is 13.2 Å². The van der Waals surface area contributed by atoms with Gasteiger partial charge in [0.15, 0.2) is 0 Å². The molecule has 0 aliphatic carbocycles. The van der Waals surface area contributed by atoms with Crippen molar-refractivity contribution in [2.24, 2.45) is 0 Å². The molecule has 0 saturated carbocycles. The molecule has 0 saturated heterocycles. The summed E-state index contributed by atoms with van der Waals surface area (Å²) in [6, 6.07) is 1.39. The minimum absolute atomic E-state index is 0.199. The van der Waals surface area contributed by atoms with Crippen molar-refractivity contribution in [3.05, 3.63) is 0 Å². The van der Waals surface area contributed by atoms with Gasteiger partial charge in [-0.25, -0.2) is 0 Å². The van der Waals surface area contributed by atoms with Crippen molar-refractivity contribution in [3.8, 4) is 0 Å². The highest BCUT2D eigenvalue weighted by atomic mass is 28.3. The first-order valence-electron chi connectivity index (χ1n) is 13.4. The number of hydrogen-bond acceptors (Lipinski definition) is 4. The molecular weight excluding hydrogens is 404 g/mol. The highest BCUT2D eigenvalue weighted by molar-refractivity contribution is 7.23. The van der Waals surface area contributed by atoms with Gasteiger partial charge in [-0.2, -0.15) is 0 Å². The Labute approximate surface area is 194 Å². The molecule has 0 unspecified atom stereocenters. The second-order valence-electron chi connectivity index (χ2n) is 9.10. The standard InChI is InChI=1S/C26H52O4Si/c1-5-9-13-17-21-29-25(27)31(23-19-15-11-7-3,24-20-16-12-8-4)26(28)30-22-18-14-10-6-2/h5-24H2,1-4H3. The van der Waals surface area contributed by atoms with E-state index in [1.165, 1.54) is 0 Å². The van der Waals surface area contributed by atoms with Crippen LogP contribution in [-0.4, -0.2) is 32.5 Å². The van der Waals surface area contributed by atoms with E-state index in [0.29, 0.717) is 25.3 Å². The van der Waals surface area contributed by atoms with Crippen LogP contribution in [0.1, 0.15) is 130 Å². The molecule has 0 amide bonds. The molecule has 0 spiro atoms. The summed E-state index contributed by atoms with van der Waals surface area (Å²) >= 11 is 0. The lowest BCUT2D eigenvalue weighted by molar-refractivity contribution is 0.157. The highest BCUT2D eigenvalue weighted by Gasteiger charge is 2.51. The molecule has 0 bridgehead atoms. The van der Waals surface area contributed by atoms with Crippen molar-refractivity contribution >= 4 is 19.3 Å². The molecular formula is C26H52O4Si. The topological polar surface area (TPSA) is 52.6 Å². The third-order valence-corrected chi connectivity index (χ3v) is 10.4. The molecule has 0 radical (unpaired) electrons. The first kappa shape index (κ1) is 30.2. The highest BCUT2D eigenvalue weighted by Crippen LogP contribution is 2.28. The molecule has 4 nitrogen and oxygen atoms in total. The SMILES string of the molecule is CCCCCCOC(=O)[Si](CCCCCC)(CCCCCC)C(=O)OCCCCCC. The molecule has 184 valence electrons. The van der Waals surface area contributed by atoms with Gasteiger partial charge in [0.2, 0.25) is 0 Å². The van der Waals surface area contributed by atoms with Crippen molar-refractivity contribution in [2.45, 2.75) is 143 Å². The summed E-state index contributed by atoms with van der Waals surface area (Å²) in [6.07, 6.45) is 17.2. The van der Waals surface area contributed by atoms with Crippen LogP contribution in [0.3, 0.4) is 0 Å². The average Bonchev–Trinajstić information content (AvgIpc) is 2.77. The molecule has 0 aliphatic heterocycles. The maximum absolute atomic E-state index is 13.3. The Balaban J connectivity index is 5.19. The van der Waals surface area contributed by atoms with Gasteiger partial charge in [0.05, 0.1) is 13.2 Å². The zero-order chi connectivity index (χ0) is 23.2. The van der Waals surface area contributed by atoms with Gasteiger partial charge in [-0.3, -0.25) is 9.59 Å². The molecule has 0 aromatic carbocycles. The molecule has 31 heavy (non-hydrogen) atoms. The maximum atomic E-state index is 13.3. The van der Waals surface area contributed by atoms with Crippen LogP contribution < -0.4 is 0 Å². The molecule has 0 rings (SSSR count). The van der Waals surface area contributed by atoms with Gasteiger partial charge >= 0.3 is 8.07 Å². The number of rotatable bonds is 22. The van der Waals surface area contributed by atoms with Gasteiger partial charge in [-0.15, -0.1) is 0 Å². The third-order valence-electron chi connectivity index (χ3n) is 6.16. The summed E-state index contributed by atoms with van der Waals surface area (Å²) in [7, 11) is -2.96. The van der Waals surface area contributed by atoms with E-state index < -0.39 is 8.07 Å². The monoisotopic (exact) mass is 456 g/mol. The summed E-state index contributed by atoms with van der Waals surface area (Å²) in [6.45, 7) is 9.61. The normalized spacial score (nSPS) is 11.5. The smallest absolute Gasteiger partial charge is 0.311 e. The minimum Gasteiger partial charge on any atom is -0.470 e. The van der Waals surface area contributed by atoms with Gasteiger partial charge in [0.25, 0.3) is 11.2 Å². The van der Waals surface area contributed by atoms with E-state index in [9.17, 15) is 9.59 Å². The summed E-state index contributed by atoms with van der Waals surface area (Å²) in [5.74, 6) is 0. The molecule has 0 fully saturated rings. The molecule has 0 aromatic rings. The second kappa shape index (κ2) is 21.0. The van der Waals surface area contributed by atoms with E-state index in [-0.39, 0.29) is 11.2 Å². The predicted molar refractivity (Wildman–Crippen MR) is 135 cm³/mol. The largest absolute Gasteiger partial charge is 0.470 e. The quantitative estimate of drug-likeness (QED) is 0.120. The molecule has 0 heterocycles. The lowest BCUT2D eigenvalue weighted by atomic mass is 10.2. The van der Waals surface area contributed by atoms with Gasteiger partial charge < -0.3 is 9.47 Å². The Morgan fingerprint density at radius 2 is 0.806 bits per heavy atom. The first-order valence-corrected chi connectivity index (χ1v) is 15.8. The van der Waals surface area contributed by atoms with Crippen LogP contribution in [-0.2, 0) is 9.47 Å². The van der Waals surface area contributed by atoms with E-state index in [4.69, 9.17) is 9.47 Å². The molecule has 0 aliphatic rings. The molecule has 0 atom stereocenters. The van der Waals surface area contributed by atoms with Crippen LogP contribution >= 0.6 is 0 Å². The first-order chi connectivity index (χ1) is 15.1. The zero-order valence-corrected chi connectivity index (χ0v) is 22.3. The van der Waals surface area contributed by atoms with Crippen LogP contribution in [0.15, 0.2) is 0 Å². The van der Waals surface area contributed by atoms with E-state index in [1.807, 2.05) is 0 Å². The zero-order valence-electron chi connectivity index (χ0n) is 21.3. The lowest BCUT2D eigenvalue weighted by Crippen LogP contribution is -2.53. The van der Waals surface area contributed by atoms with Crippen LogP contribution in [0.4, 0.5) is 9.59 Å². The summed E-state index contributed by atoms with van der Waals surface area (Å²) in [4.78, 5) is 26.7.